The van der Waals surface area contributed by atoms with Crippen molar-refractivity contribution in [1.29, 1.82) is 0 Å². The molecule has 2 aromatic rings. The Hall–Kier alpha value is -1.61. The molecule has 3 heteroatoms. The van der Waals surface area contributed by atoms with Crippen molar-refractivity contribution in [2.24, 2.45) is 0 Å². The molecule has 3 rings (SSSR count). The molecule has 1 aliphatic carbocycles. The molecule has 0 unspecified atom stereocenters. The van der Waals surface area contributed by atoms with Gasteiger partial charge in [0.2, 0.25) is 5.91 Å². The molecule has 1 aromatic carbocycles. The van der Waals surface area contributed by atoms with E-state index in [-0.39, 0.29) is 11.3 Å². The van der Waals surface area contributed by atoms with E-state index >= 15 is 0 Å². The van der Waals surface area contributed by atoms with Gasteiger partial charge in [-0.15, -0.1) is 11.3 Å². The first-order valence-electron chi connectivity index (χ1n) is 7.56. The molecule has 1 fully saturated rings. The highest BCUT2D eigenvalue weighted by Crippen LogP contribution is 2.44. The molecule has 0 saturated heterocycles. The van der Waals surface area contributed by atoms with E-state index in [1.807, 2.05) is 30.1 Å². The average molecular weight is 299 g/mol. The normalized spacial score (nSPS) is 16.8. The standard InChI is InChI=1S/C18H21NOS/c1-19(14-15-8-3-2-4-9-15)17(20)18(11-5-6-12-18)16-10-7-13-21-16/h2-4,7-10,13H,5-6,11-12,14H2,1H3. The van der Waals surface area contributed by atoms with E-state index in [9.17, 15) is 4.79 Å². The van der Waals surface area contributed by atoms with Crippen LogP contribution < -0.4 is 0 Å². The Balaban J connectivity index is 1.82. The number of carbonyl (C=O) groups excluding carboxylic acids is 1. The number of hydrogen-bond acceptors (Lipinski definition) is 2. The van der Waals surface area contributed by atoms with Crippen molar-refractivity contribution in [2.45, 2.75) is 37.6 Å². The van der Waals surface area contributed by atoms with Gasteiger partial charge in [0.1, 0.15) is 0 Å². The third-order valence-electron chi connectivity index (χ3n) is 4.47. The summed E-state index contributed by atoms with van der Waals surface area (Å²) < 4.78 is 0. The third kappa shape index (κ3) is 2.75. The zero-order chi connectivity index (χ0) is 14.7. The molecule has 1 heterocycles. The Morgan fingerprint density at radius 2 is 1.86 bits per heavy atom. The Bertz CT molecular complexity index is 585. The Morgan fingerprint density at radius 1 is 1.14 bits per heavy atom. The maximum atomic E-state index is 13.1. The fourth-order valence-corrected chi connectivity index (χ4v) is 4.37. The fraction of sp³-hybridized carbons (Fsp3) is 0.389. The maximum absolute atomic E-state index is 13.1. The molecule has 0 aliphatic heterocycles. The van der Waals surface area contributed by atoms with E-state index in [1.54, 1.807) is 11.3 Å². The molecular formula is C18H21NOS. The average Bonchev–Trinajstić information content (AvgIpc) is 3.19. The highest BCUT2D eigenvalue weighted by Gasteiger charge is 2.44. The van der Waals surface area contributed by atoms with Crippen molar-refractivity contribution in [3.05, 3.63) is 58.3 Å². The van der Waals surface area contributed by atoms with Crippen molar-refractivity contribution >= 4 is 17.2 Å². The number of hydrogen-bond donors (Lipinski definition) is 0. The van der Waals surface area contributed by atoms with E-state index in [2.05, 4.69) is 29.6 Å². The zero-order valence-electron chi connectivity index (χ0n) is 12.4. The van der Waals surface area contributed by atoms with Crippen LogP contribution in [0.2, 0.25) is 0 Å². The quantitative estimate of drug-likeness (QED) is 0.828. The van der Waals surface area contributed by atoms with E-state index in [0.29, 0.717) is 6.54 Å². The molecule has 1 amide bonds. The second-order valence-corrected chi connectivity index (χ2v) is 6.86. The monoisotopic (exact) mass is 299 g/mol. The van der Waals surface area contributed by atoms with Crippen LogP contribution in [0.4, 0.5) is 0 Å². The SMILES string of the molecule is CN(Cc1ccccc1)C(=O)C1(c2cccs2)CCCC1. The van der Waals surface area contributed by atoms with Gasteiger partial charge < -0.3 is 4.90 Å². The summed E-state index contributed by atoms with van der Waals surface area (Å²) in [5, 5.41) is 2.08. The van der Waals surface area contributed by atoms with Crippen molar-refractivity contribution in [3.63, 3.8) is 0 Å². The van der Waals surface area contributed by atoms with Gasteiger partial charge in [-0.1, -0.05) is 49.2 Å². The molecule has 2 nitrogen and oxygen atoms in total. The minimum absolute atomic E-state index is 0.266. The summed E-state index contributed by atoms with van der Waals surface area (Å²) in [5.74, 6) is 0.284. The van der Waals surface area contributed by atoms with Gasteiger partial charge in [0.25, 0.3) is 0 Å². The summed E-state index contributed by atoms with van der Waals surface area (Å²) in [5.41, 5.74) is 0.921. The van der Waals surface area contributed by atoms with Crippen LogP contribution in [0.25, 0.3) is 0 Å². The molecule has 1 aliphatic rings. The van der Waals surface area contributed by atoms with Crippen LogP contribution in [0.1, 0.15) is 36.1 Å². The molecule has 21 heavy (non-hydrogen) atoms. The smallest absolute Gasteiger partial charge is 0.234 e. The van der Waals surface area contributed by atoms with E-state index < -0.39 is 0 Å². The minimum atomic E-state index is -0.266. The van der Waals surface area contributed by atoms with Gasteiger partial charge in [0.15, 0.2) is 0 Å². The number of likely N-dealkylation sites (N-methyl/N-ethyl adjacent to an activating group) is 1. The summed E-state index contributed by atoms with van der Waals surface area (Å²) in [6, 6.07) is 14.4. The molecular weight excluding hydrogens is 278 g/mol. The number of benzene rings is 1. The van der Waals surface area contributed by atoms with Crippen LogP contribution in [0.5, 0.6) is 0 Å². The van der Waals surface area contributed by atoms with Crippen LogP contribution in [0.3, 0.4) is 0 Å². The number of carbonyl (C=O) groups is 1. The zero-order valence-corrected chi connectivity index (χ0v) is 13.2. The maximum Gasteiger partial charge on any atom is 0.234 e. The third-order valence-corrected chi connectivity index (χ3v) is 5.54. The molecule has 1 saturated carbocycles. The largest absolute Gasteiger partial charge is 0.341 e. The first-order valence-corrected chi connectivity index (χ1v) is 8.44. The molecule has 0 N–H and O–H groups in total. The Kier molecular flexibility index (Phi) is 4.11. The van der Waals surface area contributed by atoms with Crippen molar-refractivity contribution in [2.75, 3.05) is 7.05 Å². The predicted octanol–water partition coefficient (Wildman–Crippen LogP) is 4.22. The van der Waals surface area contributed by atoms with Crippen molar-refractivity contribution in [3.8, 4) is 0 Å². The number of nitrogens with zero attached hydrogens (tertiary/aromatic N) is 1. The topological polar surface area (TPSA) is 20.3 Å². The minimum Gasteiger partial charge on any atom is -0.341 e. The lowest BCUT2D eigenvalue weighted by Crippen LogP contribution is -2.42. The second kappa shape index (κ2) is 6.02. The van der Waals surface area contributed by atoms with Gasteiger partial charge in [-0.3, -0.25) is 4.79 Å². The Morgan fingerprint density at radius 3 is 2.48 bits per heavy atom. The molecule has 0 bridgehead atoms. The van der Waals surface area contributed by atoms with Crippen LogP contribution in [0.15, 0.2) is 47.8 Å². The first kappa shape index (κ1) is 14.3. The fourth-order valence-electron chi connectivity index (χ4n) is 3.39. The Labute approximate surface area is 130 Å². The second-order valence-electron chi connectivity index (χ2n) is 5.91. The summed E-state index contributed by atoms with van der Waals surface area (Å²) in [4.78, 5) is 16.2. The van der Waals surface area contributed by atoms with Gasteiger partial charge in [-0.2, -0.15) is 0 Å². The van der Waals surface area contributed by atoms with E-state index in [1.165, 1.54) is 10.4 Å². The molecule has 0 atom stereocenters. The lowest BCUT2D eigenvalue weighted by Gasteiger charge is -2.31. The lowest BCUT2D eigenvalue weighted by molar-refractivity contribution is -0.136. The summed E-state index contributed by atoms with van der Waals surface area (Å²) in [6.45, 7) is 0.687. The number of amides is 1. The van der Waals surface area contributed by atoms with Crippen LogP contribution in [0, 0.1) is 0 Å². The van der Waals surface area contributed by atoms with Crippen molar-refractivity contribution < 1.29 is 4.79 Å². The van der Waals surface area contributed by atoms with Gasteiger partial charge in [0.05, 0.1) is 5.41 Å². The molecule has 0 radical (unpaired) electrons. The number of thiophene rings is 1. The van der Waals surface area contributed by atoms with Gasteiger partial charge in [0, 0.05) is 18.5 Å². The van der Waals surface area contributed by atoms with Crippen LogP contribution in [-0.2, 0) is 16.8 Å². The van der Waals surface area contributed by atoms with E-state index in [4.69, 9.17) is 0 Å². The lowest BCUT2D eigenvalue weighted by atomic mass is 9.83. The summed E-state index contributed by atoms with van der Waals surface area (Å²) in [6.07, 6.45) is 4.29. The van der Waals surface area contributed by atoms with Gasteiger partial charge in [-0.05, 0) is 29.9 Å². The van der Waals surface area contributed by atoms with Gasteiger partial charge in [-0.25, -0.2) is 0 Å². The molecule has 1 aromatic heterocycles. The number of rotatable bonds is 4. The predicted molar refractivity (Wildman–Crippen MR) is 87.4 cm³/mol. The highest BCUT2D eigenvalue weighted by molar-refractivity contribution is 7.10. The van der Waals surface area contributed by atoms with Crippen LogP contribution >= 0.6 is 11.3 Å². The van der Waals surface area contributed by atoms with Gasteiger partial charge >= 0.3 is 0 Å². The molecule has 110 valence electrons. The van der Waals surface area contributed by atoms with Crippen molar-refractivity contribution in [1.82, 2.24) is 4.90 Å². The first-order chi connectivity index (χ1) is 10.2. The summed E-state index contributed by atoms with van der Waals surface area (Å²) >= 11 is 1.72. The summed E-state index contributed by atoms with van der Waals surface area (Å²) in [7, 11) is 1.93. The molecule has 0 spiro atoms. The van der Waals surface area contributed by atoms with E-state index in [0.717, 1.165) is 25.7 Å². The highest BCUT2D eigenvalue weighted by atomic mass is 32.1. The van der Waals surface area contributed by atoms with Crippen LogP contribution in [-0.4, -0.2) is 17.9 Å².